The molecule has 1 aromatic rings. The van der Waals surface area contributed by atoms with Crippen LogP contribution in [0.2, 0.25) is 0 Å². The van der Waals surface area contributed by atoms with Crippen LogP contribution in [0.25, 0.3) is 0 Å². The summed E-state index contributed by atoms with van der Waals surface area (Å²) in [6.07, 6.45) is 4.13. The first-order chi connectivity index (χ1) is 11.2. The molecule has 2 saturated heterocycles. The van der Waals surface area contributed by atoms with Crippen LogP contribution in [-0.2, 0) is 16.1 Å². The number of hydrogen-bond donors (Lipinski definition) is 2. The lowest BCUT2D eigenvalue weighted by Crippen LogP contribution is -2.42. The summed E-state index contributed by atoms with van der Waals surface area (Å²) in [5.41, 5.74) is 0.953. The van der Waals surface area contributed by atoms with Crippen LogP contribution in [0.3, 0.4) is 0 Å². The molecule has 0 aliphatic carbocycles. The van der Waals surface area contributed by atoms with Crippen molar-refractivity contribution < 1.29 is 14.6 Å². The number of carbonyl (C=O) groups excluding carboxylic acids is 1. The first kappa shape index (κ1) is 16.3. The Labute approximate surface area is 137 Å². The number of aromatic hydroxyl groups is 1. The number of hydrogen-bond acceptors (Lipinski definition) is 4. The summed E-state index contributed by atoms with van der Waals surface area (Å²) in [6.45, 7) is 4.01. The number of amides is 1. The number of nitrogens with one attached hydrogen (secondary N) is 1. The van der Waals surface area contributed by atoms with Gasteiger partial charge in [-0.3, -0.25) is 9.69 Å². The van der Waals surface area contributed by atoms with Gasteiger partial charge >= 0.3 is 0 Å². The quantitative estimate of drug-likeness (QED) is 0.870. The minimum absolute atomic E-state index is 0.108. The summed E-state index contributed by atoms with van der Waals surface area (Å²) in [6, 6.07) is 7.46. The zero-order valence-electron chi connectivity index (χ0n) is 13.5. The van der Waals surface area contributed by atoms with Crippen LogP contribution in [0.1, 0.15) is 31.2 Å². The van der Waals surface area contributed by atoms with E-state index in [4.69, 9.17) is 4.74 Å². The molecule has 0 bridgehead atoms. The summed E-state index contributed by atoms with van der Waals surface area (Å²) in [5, 5.41) is 12.9. The Kier molecular flexibility index (Phi) is 5.51. The Morgan fingerprint density at radius 2 is 2.04 bits per heavy atom. The minimum Gasteiger partial charge on any atom is -0.508 e. The van der Waals surface area contributed by atoms with Crippen LogP contribution in [-0.4, -0.2) is 48.3 Å². The number of phenols is 1. The Morgan fingerprint density at radius 1 is 1.26 bits per heavy atom. The third-order valence-corrected chi connectivity index (χ3v) is 4.87. The number of benzene rings is 1. The Balaban J connectivity index is 1.41. The van der Waals surface area contributed by atoms with Gasteiger partial charge in [0.25, 0.3) is 0 Å². The molecular formula is C18H26N2O3. The Hall–Kier alpha value is -1.59. The molecule has 0 unspecified atom stereocenters. The van der Waals surface area contributed by atoms with E-state index in [0.717, 1.165) is 57.5 Å². The van der Waals surface area contributed by atoms with E-state index in [9.17, 15) is 9.90 Å². The van der Waals surface area contributed by atoms with Crippen LogP contribution >= 0.6 is 0 Å². The number of piperidine rings is 1. The van der Waals surface area contributed by atoms with E-state index in [1.165, 1.54) is 0 Å². The van der Waals surface area contributed by atoms with Crippen LogP contribution in [0.5, 0.6) is 5.75 Å². The molecule has 0 radical (unpaired) electrons. The van der Waals surface area contributed by atoms with Gasteiger partial charge in [0.1, 0.15) is 5.75 Å². The maximum atomic E-state index is 12.2. The zero-order chi connectivity index (χ0) is 16.1. The van der Waals surface area contributed by atoms with E-state index in [0.29, 0.717) is 12.3 Å². The van der Waals surface area contributed by atoms with Crippen molar-refractivity contribution in [3.63, 3.8) is 0 Å². The van der Waals surface area contributed by atoms with Gasteiger partial charge in [-0.1, -0.05) is 18.2 Å². The second kappa shape index (κ2) is 7.79. The SMILES string of the molecule is O=C(NC[C@@H]1CCCO1)C1CCN(Cc2ccccc2O)CC1. The summed E-state index contributed by atoms with van der Waals surface area (Å²) in [7, 11) is 0. The largest absolute Gasteiger partial charge is 0.508 e. The van der Waals surface area contributed by atoms with Gasteiger partial charge in [-0.25, -0.2) is 0 Å². The number of ether oxygens (including phenoxy) is 1. The van der Waals surface area contributed by atoms with E-state index in [2.05, 4.69) is 10.2 Å². The lowest BCUT2D eigenvalue weighted by atomic mass is 9.95. The summed E-state index contributed by atoms with van der Waals surface area (Å²) in [5.74, 6) is 0.628. The molecule has 2 N–H and O–H groups in total. The first-order valence-corrected chi connectivity index (χ1v) is 8.61. The number of phenolic OH excluding ortho intramolecular Hbond substituents is 1. The molecule has 2 heterocycles. The average Bonchev–Trinajstić information content (AvgIpc) is 3.09. The van der Waals surface area contributed by atoms with Gasteiger partial charge in [0, 0.05) is 31.2 Å². The highest BCUT2D eigenvalue weighted by Gasteiger charge is 2.26. The van der Waals surface area contributed by atoms with Crippen LogP contribution in [0, 0.1) is 5.92 Å². The van der Waals surface area contributed by atoms with Crippen LogP contribution in [0.15, 0.2) is 24.3 Å². The topological polar surface area (TPSA) is 61.8 Å². The highest BCUT2D eigenvalue weighted by atomic mass is 16.5. The highest BCUT2D eigenvalue weighted by molar-refractivity contribution is 5.78. The molecule has 1 amide bonds. The highest BCUT2D eigenvalue weighted by Crippen LogP contribution is 2.23. The van der Waals surface area contributed by atoms with Gasteiger partial charge < -0.3 is 15.2 Å². The molecular weight excluding hydrogens is 292 g/mol. The molecule has 23 heavy (non-hydrogen) atoms. The summed E-state index contributed by atoms with van der Waals surface area (Å²) >= 11 is 0. The van der Waals surface area contributed by atoms with Gasteiger partial charge in [-0.2, -0.15) is 0 Å². The molecule has 2 aliphatic heterocycles. The van der Waals surface area contributed by atoms with Gasteiger partial charge in [0.15, 0.2) is 0 Å². The van der Waals surface area contributed by atoms with E-state index in [1.807, 2.05) is 18.2 Å². The second-order valence-corrected chi connectivity index (χ2v) is 6.56. The molecule has 126 valence electrons. The molecule has 3 rings (SSSR count). The van der Waals surface area contributed by atoms with Crippen molar-refractivity contribution in [1.29, 1.82) is 0 Å². The summed E-state index contributed by atoms with van der Waals surface area (Å²) < 4.78 is 5.54. The van der Waals surface area contributed by atoms with Crippen molar-refractivity contribution >= 4 is 5.91 Å². The Bertz CT molecular complexity index is 521. The normalized spacial score (nSPS) is 23.0. The average molecular weight is 318 g/mol. The Morgan fingerprint density at radius 3 is 2.74 bits per heavy atom. The molecule has 0 aromatic heterocycles. The van der Waals surface area contributed by atoms with Gasteiger partial charge in [0.2, 0.25) is 5.91 Å². The molecule has 2 fully saturated rings. The standard InChI is InChI=1S/C18H26N2O3/c21-17-6-2-1-4-15(17)13-20-9-7-14(8-10-20)18(22)19-12-16-5-3-11-23-16/h1-2,4,6,14,16,21H,3,5,7-13H2,(H,19,22)/t16-/m0/s1. The fourth-order valence-electron chi connectivity index (χ4n) is 3.40. The fourth-order valence-corrected chi connectivity index (χ4v) is 3.40. The third-order valence-electron chi connectivity index (χ3n) is 4.87. The lowest BCUT2D eigenvalue weighted by Gasteiger charge is -2.31. The molecule has 2 aliphatic rings. The van der Waals surface area contributed by atoms with E-state index >= 15 is 0 Å². The number of likely N-dealkylation sites (tertiary alicyclic amines) is 1. The molecule has 0 spiro atoms. The lowest BCUT2D eigenvalue weighted by molar-refractivity contribution is -0.127. The van der Waals surface area contributed by atoms with Gasteiger partial charge in [-0.05, 0) is 44.8 Å². The minimum atomic E-state index is 0.108. The van der Waals surface area contributed by atoms with Crippen LogP contribution < -0.4 is 5.32 Å². The van der Waals surface area contributed by atoms with Crippen molar-refractivity contribution in [1.82, 2.24) is 10.2 Å². The molecule has 1 aromatic carbocycles. The fraction of sp³-hybridized carbons (Fsp3) is 0.611. The smallest absolute Gasteiger partial charge is 0.223 e. The maximum Gasteiger partial charge on any atom is 0.223 e. The predicted octanol–water partition coefficient (Wildman–Crippen LogP) is 1.90. The van der Waals surface area contributed by atoms with Crippen LogP contribution in [0.4, 0.5) is 0 Å². The first-order valence-electron chi connectivity index (χ1n) is 8.61. The van der Waals surface area contributed by atoms with E-state index in [-0.39, 0.29) is 17.9 Å². The number of nitrogens with zero attached hydrogens (tertiary/aromatic N) is 1. The van der Waals surface area contributed by atoms with Gasteiger partial charge in [-0.15, -0.1) is 0 Å². The van der Waals surface area contributed by atoms with Crippen molar-refractivity contribution in [3.05, 3.63) is 29.8 Å². The molecule has 1 atom stereocenters. The summed E-state index contributed by atoms with van der Waals surface area (Å²) in [4.78, 5) is 14.6. The third kappa shape index (κ3) is 4.45. The molecule has 5 nitrogen and oxygen atoms in total. The van der Waals surface area contributed by atoms with Crippen molar-refractivity contribution in [2.75, 3.05) is 26.2 Å². The monoisotopic (exact) mass is 318 g/mol. The van der Waals surface area contributed by atoms with Crippen molar-refractivity contribution in [2.45, 2.75) is 38.3 Å². The van der Waals surface area contributed by atoms with E-state index in [1.54, 1.807) is 6.07 Å². The second-order valence-electron chi connectivity index (χ2n) is 6.56. The zero-order valence-corrected chi connectivity index (χ0v) is 13.5. The molecule has 0 saturated carbocycles. The van der Waals surface area contributed by atoms with Crippen molar-refractivity contribution in [3.8, 4) is 5.75 Å². The number of carbonyl (C=O) groups is 1. The predicted molar refractivity (Wildman–Crippen MR) is 88.1 cm³/mol. The maximum absolute atomic E-state index is 12.2. The number of para-hydroxylation sites is 1. The van der Waals surface area contributed by atoms with E-state index < -0.39 is 0 Å². The van der Waals surface area contributed by atoms with Crippen molar-refractivity contribution in [2.24, 2.45) is 5.92 Å². The molecule has 5 heteroatoms. The van der Waals surface area contributed by atoms with Gasteiger partial charge in [0.05, 0.1) is 6.10 Å². The number of rotatable bonds is 5.